The summed E-state index contributed by atoms with van der Waals surface area (Å²) in [6, 6.07) is 14.9. The second kappa shape index (κ2) is 6.65. The van der Waals surface area contributed by atoms with Crippen LogP contribution in [0.2, 0.25) is 0 Å². The first-order valence-corrected chi connectivity index (χ1v) is 7.91. The van der Waals surface area contributed by atoms with Crippen LogP contribution in [-0.2, 0) is 11.2 Å². The number of carbonyl (C=O) groups is 2. The van der Waals surface area contributed by atoms with Crippen LogP contribution in [0.5, 0.6) is 0 Å². The highest BCUT2D eigenvalue weighted by Gasteiger charge is 2.23. The van der Waals surface area contributed by atoms with Crippen molar-refractivity contribution in [3.8, 4) is 0 Å². The Balaban J connectivity index is 1.65. The minimum absolute atomic E-state index is 0.189. The van der Waals surface area contributed by atoms with Gasteiger partial charge in [0.15, 0.2) is 0 Å². The lowest BCUT2D eigenvalue weighted by atomic mass is 9.81. The Morgan fingerprint density at radius 3 is 2.78 bits per heavy atom. The first-order valence-electron chi connectivity index (χ1n) is 7.91. The molecule has 1 atom stereocenters. The van der Waals surface area contributed by atoms with Crippen molar-refractivity contribution in [1.29, 1.82) is 0 Å². The van der Waals surface area contributed by atoms with E-state index in [2.05, 4.69) is 17.4 Å². The number of nitrogens with two attached hydrogens (primary N) is 1. The van der Waals surface area contributed by atoms with Gasteiger partial charge in [0, 0.05) is 17.7 Å². The van der Waals surface area contributed by atoms with Crippen molar-refractivity contribution in [2.24, 2.45) is 0 Å². The van der Waals surface area contributed by atoms with Crippen molar-refractivity contribution in [3.63, 3.8) is 0 Å². The Bertz CT molecular complexity index is 740. The van der Waals surface area contributed by atoms with Gasteiger partial charge in [-0.2, -0.15) is 0 Å². The molecule has 2 aromatic carbocycles. The molecular formula is C19H20N2O2. The molecule has 0 saturated heterocycles. The number of nitrogens with one attached hydrogen (secondary N) is 1. The third kappa shape index (κ3) is 3.59. The van der Waals surface area contributed by atoms with Crippen LogP contribution in [0, 0.1) is 0 Å². The molecule has 0 aliphatic heterocycles. The van der Waals surface area contributed by atoms with Gasteiger partial charge in [0.25, 0.3) is 5.91 Å². The number of imide groups is 1. The molecule has 2 amide bonds. The zero-order valence-electron chi connectivity index (χ0n) is 12.9. The van der Waals surface area contributed by atoms with Gasteiger partial charge in [-0.25, -0.2) is 0 Å². The van der Waals surface area contributed by atoms with Crippen molar-refractivity contribution in [2.45, 2.75) is 31.6 Å². The summed E-state index contributed by atoms with van der Waals surface area (Å²) in [5.41, 5.74) is 9.13. The van der Waals surface area contributed by atoms with Crippen molar-refractivity contribution in [3.05, 3.63) is 65.2 Å². The topological polar surface area (TPSA) is 72.2 Å². The van der Waals surface area contributed by atoms with Crippen LogP contribution in [0.3, 0.4) is 0 Å². The van der Waals surface area contributed by atoms with E-state index < -0.39 is 5.91 Å². The van der Waals surface area contributed by atoms with Gasteiger partial charge in [0.05, 0.1) is 0 Å². The molecule has 0 spiro atoms. The summed E-state index contributed by atoms with van der Waals surface area (Å²) in [6.45, 7) is 0. The fourth-order valence-electron chi connectivity index (χ4n) is 3.22. The second-order valence-corrected chi connectivity index (χ2v) is 5.99. The summed E-state index contributed by atoms with van der Waals surface area (Å²) >= 11 is 0. The Morgan fingerprint density at radius 2 is 1.96 bits per heavy atom. The molecule has 4 nitrogen and oxygen atoms in total. The number of benzene rings is 2. The number of anilines is 1. The van der Waals surface area contributed by atoms with Crippen LogP contribution >= 0.6 is 0 Å². The molecule has 3 N–H and O–H groups in total. The molecule has 118 valence electrons. The number of rotatable bonds is 3. The first kappa shape index (κ1) is 15.3. The summed E-state index contributed by atoms with van der Waals surface area (Å²) in [5, 5.41) is 2.47. The fourth-order valence-corrected chi connectivity index (χ4v) is 3.22. The normalized spacial score (nSPS) is 16.4. The lowest BCUT2D eigenvalue weighted by Crippen LogP contribution is -2.32. The van der Waals surface area contributed by atoms with Gasteiger partial charge in [-0.05, 0) is 54.5 Å². The van der Waals surface area contributed by atoms with E-state index in [1.54, 1.807) is 24.3 Å². The highest BCUT2D eigenvalue weighted by atomic mass is 16.2. The molecule has 0 radical (unpaired) electrons. The van der Waals surface area contributed by atoms with Crippen LogP contribution in [0.4, 0.5) is 5.69 Å². The van der Waals surface area contributed by atoms with Gasteiger partial charge >= 0.3 is 0 Å². The molecule has 0 fully saturated rings. The maximum atomic E-state index is 12.2. The average molecular weight is 308 g/mol. The molecule has 23 heavy (non-hydrogen) atoms. The van der Waals surface area contributed by atoms with E-state index in [-0.39, 0.29) is 11.8 Å². The molecule has 0 bridgehead atoms. The quantitative estimate of drug-likeness (QED) is 0.856. The van der Waals surface area contributed by atoms with Gasteiger partial charge in [0.1, 0.15) is 0 Å². The van der Waals surface area contributed by atoms with Crippen LogP contribution in [-0.4, -0.2) is 11.8 Å². The maximum absolute atomic E-state index is 12.2. The Labute approximate surface area is 135 Å². The monoisotopic (exact) mass is 308 g/mol. The highest BCUT2D eigenvalue weighted by Crippen LogP contribution is 2.33. The highest BCUT2D eigenvalue weighted by molar-refractivity contribution is 6.05. The SMILES string of the molecule is Nc1cccc(C(=O)NC(=O)CC2CCCc3ccccc32)c1. The number of hydrogen-bond acceptors (Lipinski definition) is 3. The molecule has 4 heteroatoms. The van der Waals surface area contributed by atoms with E-state index in [1.165, 1.54) is 11.1 Å². The number of aryl methyl sites for hydroxylation is 1. The molecule has 2 aromatic rings. The van der Waals surface area contributed by atoms with E-state index in [9.17, 15) is 9.59 Å². The van der Waals surface area contributed by atoms with Crippen molar-refractivity contribution < 1.29 is 9.59 Å². The van der Waals surface area contributed by atoms with E-state index in [0.717, 1.165) is 19.3 Å². The standard InChI is InChI=1S/C19H20N2O2/c20-16-9-4-8-15(11-16)19(23)21-18(22)12-14-7-3-6-13-5-1-2-10-17(13)14/h1-2,4-5,8-11,14H,3,6-7,12,20H2,(H,21,22,23). The molecule has 1 unspecified atom stereocenters. The van der Waals surface area contributed by atoms with Crippen molar-refractivity contribution in [1.82, 2.24) is 5.32 Å². The summed E-state index contributed by atoms with van der Waals surface area (Å²) in [7, 11) is 0. The maximum Gasteiger partial charge on any atom is 0.257 e. The van der Waals surface area contributed by atoms with Gasteiger partial charge in [-0.1, -0.05) is 30.3 Å². The van der Waals surface area contributed by atoms with Crippen LogP contribution < -0.4 is 11.1 Å². The van der Waals surface area contributed by atoms with E-state index in [1.807, 2.05) is 12.1 Å². The second-order valence-electron chi connectivity index (χ2n) is 5.99. The Kier molecular flexibility index (Phi) is 4.42. The van der Waals surface area contributed by atoms with E-state index in [0.29, 0.717) is 17.7 Å². The molecule has 0 saturated carbocycles. The number of amides is 2. The average Bonchev–Trinajstić information content (AvgIpc) is 2.55. The molecular weight excluding hydrogens is 288 g/mol. The zero-order chi connectivity index (χ0) is 16.2. The largest absolute Gasteiger partial charge is 0.399 e. The van der Waals surface area contributed by atoms with Crippen LogP contribution in [0.1, 0.15) is 46.7 Å². The molecule has 0 aromatic heterocycles. The van der Waals surface area contributed by atoms with E-state index >= 15 is 0 Å². The number of hydrogen-bond donors (Lipinski definition) is 2. The Morgan fingerprint density at radius 1 is 1.13 bits per heavy atom. The van der Waals surface area contributed by atoms with Crippen molar-refractivity contribution >= 4 is 17.5 Å². The van der Waals surface area contributed by atoms with Crippen LogP contribution in [0.15, 0.2) is 48.5 Å². The minimum Gasteiger partial charge on any atom is -0.399 e. The lowest BCUT2D eigenvalue weighted by molar-refractivity contribution is -0.120. The third-order valence-corrected chi connectivity index (χ3v) is 4.33. The Hall–Kier alpha value is -2.62. The van der Waals surface area contributed by atoms with Crippen LogP contribution in [0.25, 0.3) is 0 Å². The third-order valence-electron chi connectivity index (χ3n) is 4.33. The predicted molar refractivity (Wildman–Crippen MR) is 90.1 cm³/mol. The summed E-state index contributed by atoms with van der Waals surface area (Å²) in [5.74, 6) is -0.445. The van der Waals surface area contributed by atoms with E-state index in [4.69, 9.17) is 5.73 Å². The molecule has 3 rings (SSSR count). The minimum atomic E-state index is -0.397. The smallest absolute Gasteiger partial charge is 0.257 e. The molecule has 1 aliphatic rings. The summed E-state index contributed by atoms with van der Waals surface area (Å²) in [4.78, 5) is 24.3. The fraction of sp³-hybridized carbons (Fsp3) is 0.263. The van der Waals surface area contributed by atoms with Gasteiger partial charge in [-0.15, -0.1) is 0 Å². The van der Waals surface area contributed by atoms with Gasteiger partial charge < -0.3 is 5.73 Å². The summed E-state index contributed by atoms with van der Waals surface area (Å²) in [6.07, 6.45) is 3.47. The lowest BCUT2D eigenvalue weighted by Gasteiger charge is -2.24. The van der Waals surface area contributed by atoms with Gasteiger partial charge in [-0.3, -0.25) is 14.9 Å². The van der Waals surface area contributed by atoms with Gasteiger partial charge in [0.2, 0.25) is 5.91 Å². The number of nitrogen functional groups attached to an aromatic ring is 1. The molecule has 1 aliphatic carbocycles. The van der Waals surface area contributed by atoms with Crippen molar-refractivity contribution in [2.75, 3.05) is 5.73 Å². The number of carbonyl (C=O) groups excluding carboxylic acids is 2. The number of fused-ring (bicyclic) bond motifs is 1. The first-order chi connectivity index (χ1) is 11.1. The summed E-state index contributed by atoms with van der Waals surface area (Å²) < 4.78 is 0. The zero-order valence-corrected chi connectivity index (χ0v) is 12.9. The molecule has 0 heterocycles. The predicted octanol–water partition coefficient (Wildman–Crippen LogP) is 3.04.